The fourth-order valence-corrected chi connectivity index (χ4v) is 3.47. The molecule has 0 atom stereocenters. The first-order chi connectivity index (χ1) is 9.47. The number of carbonyl (C=O) groups is 1. The number of rotatable bonds is 3. The summed E-state index contributed by atoms with van der Waals surface area (Å²) in [5.41, 5.74) is 0.849. The van der Waals surface area contributed by atoms with Gasteiger partial charge in [-0.25, -0.2) is 4.79 Å². The van der Waals surface area contributed by atoms with Crippen molar-refractivity contribution in [3.05, 3.63) is 32.3 Å². The molecule has 0 saturated carbocycles. The molecular formula is C12H13BrN2O3S2. The summed E-state index contributed by atoms with van der Waals surface area (Å²) in [5, 5.41) is 0. The van der Waals surface area contributed by atoms with Crippen molar-refractivity contribution >= 4 is 54.3 Å². The van der Waals surface area contributed by atoms with Crippen LogP contribution in [0.5, 0.6) is 0 Å². The molecule has 2 rings (SSSR count). The Balaban J connectivity index is 2.11. The van der Waals surface area contributed by atoms with Crippen LogP contribution in [-0.4, -0.2) is 29.8 Å². The van der Waals surface area contributed by atoms with Crippen LogP contribution in [0.3, 0.4) is 0 Å². The van der Waals surface area contributed by atoms with Gasteiger partial charge >= 0.3 is 11.0 Å². The highest BCUT2D eigenvalue weighted by Crippen LogP contribution is 2.21. The Bertz CT molecular complexity index is 732. The molecule has 1 aromatic carbocycles. The summed E-state index contributed by atoms with van der Waals surface area (Å²) < 4.78 is 12.2. The lowest BCUT2D eigenvalue weighted by Crippen LogP contribution is -2.17. The number of halogens is 1. The first kappa shape index (κ1) is 15.4. The van der Waals surface area contributed by atoms with E-state index >= 15 is 0 Å². The minimum absolute atomic E-state index is 0.0585. The Morgan fingerprint density at radius 3 is 2.95 bits per heavy atom. The molecule has 108 valence electrons. The molecule has 2 aromatic rings. The van der Waals surface area contributed by atoms with Crippen molar-refractivity contribution in [1.82, 2.24) is 4.57 Å². The molecule has 0 bridgehead atoms. The standard InChI is InChI=1S/C12H13BrN2O3S2/c1-20(2)14-11(16)18-6-5-15-9-4-3-8(13)7-10(9)19-12(15)17/h3-4,7H,5-6H2,1-2H3. The molecule has 0 spiro atoms. The summed E-state index contributed by atoms with van der Waals surface area (Å²) in [6.07, 6.45) is 3.08. The summed E-state index contributed by atoms with van der Waals surface area (Å²) >= 11 is 4.55. The van der Waals surface area contributed by atoms with E-state index in [1.54, 1.807) is 4.57 Å². The zero-order chi connectivity index (χ0) is 14.7. The molecule has 1 amide bonds. The van der Waals surface area contributed by atoms with Crippen molar-refractivity contribution < 1.29 is 9.53 Å². The topological polar surface area (TPSA) is 60.7 Å². The number of hydrogen-bond donors (Lipinski definition) is 0. The molecule has 0 aliphatic carbocycles. The molecule has 0 aliphatic heterocycles. The van der Waals surface area contributed by atoms with Crippen LogP contribution in [0.15, 0.2) is 31.8 Å². The summed E-state index contributed by atoms with van der Waals surface area (Å²) in [6, 6.07) is 5.66. The number of hydrogen-bond acceptors (Lipinski definition) is 4. The third-order valence-corrected chi connectivity index (χ3v) is 4.38. The number of amides is 1. The maximum Gasteiger partial charge on any atom is 0.439 e. The number of thiazole rings is 1. The number of nitrogens with zero attached hydrogens (tertiary/aromatic N) is 2. The second-order valence-electron chi connectivity index (χ2n) is 4.11. The number of ether oxygens (including phenoxy) is 1. The predicted octanol–water partition coefficient (Wildman–Crippen LogP) is 3.02. The van der Waals surface area contributed by atoms with E-state index in [0.717, 1.165) is 14.7 Å². The predicted molar refractivity (Wildman–Crippen MR) is 86.8 cm³/mol. The molecule has 0 aliphatic rings. The average molecular weight is 377 g/mol. The van der Waals surface area contributed by atoms with Crippen LogP contribution in [0, 0.1) is 0 Å². The second-order valence-corrected chi connectivity index (χ2v) is 7.75. The smallest absolute Gasteiger partial charge is 0.439 e. The first-order valence-corrected chi connectivity index (χ1v) is 9.33. The van der Waals surface area contributed by atoms with Gasteiger partial charge in [0.1, 0.15) is 6.61 Å². The van der Waals surface area contributed by atoms with Gasteiger partial charge in [0, 0.05) is 4.47 Å². The van der Waals surface area contributed by atoms with Gasteiger partial charge < -0.3 is 4.74 Å². The SMILES string of the molecule is CS(C)=NC(=O)OCCn1c(=O)sc2cc(Br)ccc21. The van der Waals surface area contributed by atoms with E-state index in [9.17, 15) is 9.59 Å². The first-order valence-electron chi connectivity index (χ1n) is 5.72. The number of benzene rings is 1. The van der Waals surface area contributed by atoms with Crippen molar-refractivity contribution in [1.29, 1.82) is 0 Å². The van der Waals surface area contributed by atoms with Crippen molar-refractivity contribution in [2.45, 2.75) is 6.54 Å². The highest BCUT2D eigenvalue weighted by molar-refractivity contribution is 9.10. The van der Waals surface area contributed by atoms with E-state index in [-0.39, 0.29) is 22.2 Å². The van der Waals surface area contributed by atoms with Crippen LogP contribution in [0.4, 0.5) is 4.79 Å². The molecule has 0 N–H and O–H groups in total. The molecule has 0 fully saturated rings. The molecule has 8 heteroatoms. The van der Waals surface area contributed by atoms with Gasteiger partial charge in [0.05, 0.1) is 16.8 Å². The molecule has 1 heterocycles. The molecular weight excluding hydrogens is 364 g/mol. The molecule has 1 aromatic heterocycles. The number of aromatic nitrogens is 1. The average Bonchev–Trinajstić information content (AvgIpc) is 2.64. The van der Waals surface area contributed by atoms with Crippen molar-refractivity contribution in [2.75, 3.05) is 19.1 Å². The largest absolute Gasteiger partial charge is 0.446 e. The van der Waals surface area contributed by atoms with Gasteiger partial charge in [-0.05, 0) is 30.7 Å². The van der Waals surface area contributed by atoms with E-state index in [4.69, 9.17) is 4.74 Å². The quantitative estimate of drug-likeness (QED) is 0.826. The molecule has 5 nitrogen and oxygen atoms in total. The zero-order valence-electron chi connectivity index (χ0n) is 11.0. The fraction of sp³-hybridized carbons (Fsp3) is 0.333. The van der Waals surface area contributed by atoms with Gasteiger partial charge in [0.15, 0.2) is 0 Å². The van der Waals surface area contributed by atoms with E-state index in [1.165, 1.54) is 11.3 Å². The number of fused-ring (bicyclic) bond motifs is 1. The lowest BCUT2D eigenvalue weighted by atomic mass is 10.3. The third-order valence-electron chi connectivity index (χ3n) is 2.43. The van der Waals surface area contributed by atoms with Crippen molar-refractivity contribution in [3.8, 4) is 0 Å². The third kappa shape index (κ3) is 3.77. The van der Waals surface area contributed by atoms with Crippen LogP contribution in [0.1, 0.15) is 0 Å². The number of carbonyl (C=O) groups excluding carboxylic acids is 1. The normalized spacial score (nSPS) is 11.0. The Hall–Kier alpha value is -0.990. The van der Waals surface area contributed by atoms with Gasteiger partial charge in [-0.1, -0.05) is 38.0 Å². The molecule has 0 saturated heterocycles. The monoisotopic (exact) mass is 376 g/mol. The van der Waals surface area contributed by atoms with Crippen LogP contribution in [-0.2, 0) is 22.0 Å². The minimum atomic E-state index is -0.575. The van der Waals surface area contributed by atoms with Gasteiger partial charge in [-0.3, -0.25) is 9.36 Å². The van der Waals surface area contributed by atoms with Crippen LogP contribution in [0.2, 0.25) is 0 Å². The van der Waals surface area contributed by atoms with Gasteiger partial charge in [-0.15, -0.1) is 0 Å². The Kier molecular flexibility index (Phi) is 5.11. The maximum absolute atomic E-state index is 11.9. The van der Waals surface area contributed by atoms with Crippen LogP contribution in [0.25, 0.3) is 10.2 Å². The van der Waals surface area contributed by atoms with Crippen LogP contribution >= 0.6 is 27.3 Å². The Morgan fingerprint density at radius 2 is 2.25 bits per heavy atom. The minimum Gasteiger partial charge on any atom is -0.446 e. The van der Waals surface area contributed by atoms with E-state index in [0.29, 0.717) is 6.54 Å². The second kappa shape index (κ2) is 6.64. The molecule has 0 unspecified atom stereocenters. The Morgan fingerprint density at radius 1 is 1.50 bits per heavy atom. The van der Waals surface area contributed by atoms with Crippen LogP contribution < -0.4 is 4.87 Å². The van der Waals surface area contributed by atoms with Gasteiger partial charge in [-0.2, -0.15) is 4.36 Å². The lowest BCUT2D eigenvalue weighted by Gasteiger charge is -2.04. The highest BCUT2D eigenvalue weighted by atomic mass is 79.9. The van der Waals surface area contributed by atoms with E-state index in [2.05, 4.69) is 20.3 Å². The molecule has 0 radical (unpaired) electrons. The highest BCUT2D eigenvalue weighted by Gasteiger charge is 2.08. The molecule has 20 heavy (non-hydrogen) atoms. The summed E-state index contributed by atoms with van der Waals surface area (Å²) in [5.74, 6) is 0. The van der Waals surface area contributed by atoms with Gasteiger partial charge in [0.25, 0.3) is 0 Å². The van der Waals surface area contributed by atoms with E-state index < -0.39 is 6.09 Å². The Labute approximate surface area is 130 Å². The summed E-state index contributed by atoms with van der Waals surface area (Å²) in [6.45, 7) is 0.476. The summed E-state index contributed by atoms with van der Waals surface area (Å²) in [4.78, 5) is 23.2. The summed E-state index contributed by atoms with van der Waals surface area (Å²) in [7, 11) is -0.336. The lowest BCUT2D eigenvalue weighted by molar-refractivity contribution is 0.153. The van der Waals surface area contributed by atoms with E-state index in [1.807, 2.05) is 30.7 Å². The zero-order valence-corrected chi connectivity index (χ0v) is 14.2. The van der Waals surface area contributed by atoms with Gasteiger partial charge in [0.2, 0.25) is 0 Å². The van der Waals surface area contributed by atoms with Crippen molar-refractivity contribution in [2.24, 2.45) is 4.36 Å². The maximum atomic E-state index is 11.9. The fourth-order valence-electron chi connectivity index (χ4n) is 1.65. The van der Waals surface area contributed by atoms with Crippen molar-refractivity contribution in [3.63, 3.8) is 0 Å².